The van der Waals surface area contributed by atoms with Crippen LogP contribution in [0.25, 0.3) is 23.0 Å². The normalized spacial score (nSPS) is 14.1. The number of nitrogens with zero attached hydrogens (tertiary/aromatic N) is 4. The summed E-state index contributed by atoms with van der Waals surface area (Å²) in [5, 5.41) is 4.91. The van der Waals surface area contributed by atoms with Crippen molar-refractivity contribution in [2.24, 2.45) is 4.99 Å². The molecule has 2 aromatic heterocycles. The molecule has 1 aliphatic heterocycles. The van der Waals surface area contributed by atoms with Crippen LogP contribution in [-0.4, -0.2) is 54.2 Å². The van der Waals surface area contributed by atoms with E-state index in [2.05, 4.69) is 0 Å². The molecule has 0 N–H and O–H groups in total. The van der Waals surface area contributed by atoms with Gasteiger partial charge in [0.1, 0.15) is 5.69 Å². The fourth-order valence-corrected chi connectivity index (χ4v) is 6.79. The lowest BCUT2D eigenvalue weighted by Gasteiger charge is -2.25. The molecule has 256 valence electrons. The van der Waals surface area contributed by atoms with E-state index in [1.165, 1.54) is 29.9 Å². The molecule has 13 heteroatoms. The van der Waals surface area contributed by atoms with Gasteiger partial charge in [-0.2, -0.15) is 5.10 Å². The first-order valence-corrected chi connectivity index (χ1v) is 16.4. The summed E-state index contributed by atoms with van der Waals surface area (Å²) in [6.45, 7) is 4.84. The molecule has 5 aromatic rings. The van der Waals surface area contributed by atoms with E-state index in [1.54, 1.807) is 63.1 Å². The van der Waals surface area contributed by atoms with Crippen molar-refractivity contribution in [3.8, 4) is 39.9 Å². The number of benzene rings is 3. The second kappa shape index (κ2) is 14.3. The van der Waals surface area contributed by atoms with Crippen molar-refractivity contribution in [2.45, 2.75) is 26.8 Å². The van der Waals surface area contributed by atoms with Crippen molar-refractivity contribution < 1.29 is 33.3 Å². The first kappa shape index (κ1) is 33.9. The van der Waals surface area contributed by atoms with E-state index in [4.69, 9.17) is 33.8 Å². The molecule has 3 aromatic carbocycles. The van der Waals surface area contributed by atoms with Crippen molar-refractivity contribution in [3.63, 3.8) is 0 Å². The molecule has 0 fully saturated rings. The number of aromatic nitrogens is 3. The van der Waals surface area contributed by atoms with Gasteiger partial charge in [-0.05, 0) is 68.0 Å². The number of carbonyl (C=O) groups excluding carboxylic acids is 2. The van der Waals surface area contributed by atoms with E-state index in [1.807, 2.05) is 48.7 Å². The number of esters is 2. The van der Waals surface area contributed by atoms with Gasteiger partial charge in [0.25, 0.3) is 5.56 Å². The van der Waals surface area contributed by atoms with Crippen LogP contribution >= 0.6 is 11.3 Å². The summed E-state index contributed by atoms with van der Waals surface area (Å²) >= 11 is 1.19. The lowest BCUT2D eigenvalue weighted by atomic mass is 9.95. The molecule has 1 unspecified atom stereocenters. The molecule has 3 heterocycles. The molecule has 12 nitrogen and oxygen atoms in total. The van der Waals surface area contributed by atoms with Gasteiger partial charge in [-0.15, -0.1) is 0 Å². The average Bonchev–Trinajstić information content (AvgIpc) is 3.68. The second-order valence-electron chi connectivity index (χ2n) is 11.1. The molecule has 0 radical (unpaired) electrons. The Bertz CT molecular complexity index is 2320. The van der Waals surface area contributed by atoms with E-state index in [-0.39, 0.29) is 29.2 Å². The third-order valence-electron chi connectivity index (χ3n) is 7.98. The minimum Gasteiger partial charge on any atom is -0.493 e. The Kier molecular flexibility index (Phi) is 9.68. The molecule has 0 spiro atoms. The van der Waals surface area contributed by atoms with Gasteiger partial charge < -0.3 is 23.7 Å². The van der Waals surface area contributed by atoms with Gasteiger partial charge in [0, 0.05) is 24.2 Å². The van der Waals surface area contributed by atoms with Crippen LogP contribution in [0.2, 0.25) is 0 Å². The topological polar surface area (TPSA) is 132 Å². The van der Waals surface area contributed by atoms with Gasteiger partial charge in [0.2, 0.25) is 0 Å². The van der Waals surface area contributed by atoms with Crippen molar-refractivity contribution in [2.75, 3.05) is 27.9 Å². The summed E-state index contributed by atoms with van der Waals surface area (Å²) in [6, 6.07) is 19.1. The quantitative estimate of drug-likeness (QED) is 0.152. The molecule has 0 saturated heterocycles. The van der Waals surface area contributed by atoms with Crippen molar-refractivity contribution in [1.29, 1.82) is 0 Å². The summed E-state index contributed by atoms with van der Waals surface area (Å²) in [5.74, 6) is 0.435. The fourth-order valence-electron chi connectivity index (χ4n) is 5.76. The van der Waals surface area contributed by atoms with Gasteiger partial charge in [-0.3, -0.25) is 14.2 Å². The van der Waals surface area contributed by atoms with Crippen LogP contribution in [0.15, 0.2) is 94.0 Å². The van der Waals surface area contributed by atoms with Crippen LogP contribution in [0.5, 0.6) is 23.0 Å². The number of rotatable bonds is 10. The van der Waals surface area contributed by atoms with Crippen molar-refractivity contribution >= 4 is 29.4 Å². The Balaban J connectivity index is 1.56. The number of allylic oxidation sites excluding steroid dienone is 1. The van der Waals surface area contributed by atoms with Crippen LogP contribution in [0, 0.1) is 0 Å². The van der Waals surface area contributed by atoms with Gasteiger partial charge in [-0.25, -0.2) is 14.5 Å². The van der Waals surface area contributed by atoms with Crippen LogP contribution in [-0.2, 0) is 14.3 Å². The predicted octanol–water partition coefficient (Wildman–Crippen LogP) is 4.60. The Morgan fingerprint density at radius 3 is 2.30 bits per heavy atom. The molecule has 1 atom stereocenters. The Labute approximate surface area is 291 Å². The summed E-state index contributed by atoms with van der Waals surface area (Å²) < 4.78 is 30.9. The number of hydrogen-bond acceptors (Lipinski definition) is 11. The monoisotopic (exact) mass is 694 g/mol. The van der Waals surface area contributed by atoms with Crippen LogP contribution < -0.4 is 33.8 Å². The zero-order valence-corrected chi connectivity index (χ0v) is 29.1. The Morgan fingerprint density at radius 1 is 0.920 bits per heavy atom. The number of hydrogen-bond donors (Lipinski definition) is 0. The molecule has 0 amide bonds. The van der Waals surface area contributed by atoms with Crippen molar-refractivity contribution in [1.82, 2.24) is 14.3 Å². The summed E-state index contributed by atoms with van der Waals surface area (Å²) in [7, 11) is 4.57. The maximum atomic E-state index is 14.5. The predicted molar refractivity (Wildman–Crippen MR) is 187 cm³/mol. The SMILES string of the molecule is CCOC(=O)C1=C(C)N=c2sc(=Cc3cn(-c4ccccc4)nc3-c3ccc(OC)c(OC)c3)c(=O)n2C1c1ccc(OC(C)=O)c(OC)c1. The number of fused-ring (bicyclic) bond motifs is 1. The van der Waals surface area contributed by atoms with E-state index < -0.39 is 18.0 Å². The molecular formula is C37H34N4O8S. The highest BCUT2D eigenvalue weighted by atomic mass is 32.1. The van der Waals surface area contributed by atoms with Gasteiger partial charge in [0.05, 0.1) is 55.5 Å². The minimum atomic E-state index is -0.912. The van der Waals surface area contributed by atoms with E-state index in [0.29, 0.717) is 43.4 Å². The highest BCUT2D eigenvalue weighted by molar-refractivity contribution is 7.07. The highest BCUT2D eigenvalue weighted by Gasteiger charge is 2.34. The first-order chi connectivity index (χ1) is 24.2. The summed E-state index contributed by atoms with van der Waals surface area (Å²) in [6.07, 6.45) is 3.62. The highest BCUT2D eigenvalue weighted by Crippen LogP contribution is 2.37. The van der Waals surface area contributed by atoms with Crippen molar-refractivity contribution in [3.05, 3.63) is 115 Å². The maximum Gasteiger partial charge on any atom is 0.338 e. The number of ether oxygens (including phenoxy) is 5. The van der Waals surface area contributed by atoms with Crippen LogP contribution in [0.3, 0.4) is 0 Å². The van der Waals surface area contributed by atoms with Gasteiger partial charge >= 0.3 is 11.9 Å². The molecule has 50 heavy (non-hydrogen) atoms. The zero-order chi connectivity index (χ0) is 35.5. The van der Waals surface area contributed by atoms with E-state index >= 15 is 0 Å². The Morgan fingerprint density at radius 2 is 1.62 bits per heavy atom. The average molecular weight is 695 g/mol. The second-order valence-corrected chi connectivity index (χ2v) is 12.1. The third-order valence-corrected chi connectivity index (χ3v) is 8.96. The maximum absolute atomic E-state index is 14.5. The molecule has 6 rings (SSSR count). The lowest BCUT2D eigenvalue weighted by molar-refractivity contribution is -0.139. The van der Waals surface area contributed by atoms with E-state index in [9.17, 15) is 14.4 Å². The van der Waals surface area contributed by atoms with Crippen LogP contribution in [0.4, 0.5) is 0 Å². The van der Waals surface area contributed by atoms with E-state index in [0.717, 1.165) is 11.3 Å². The molecular weight excluding hydrogens is 660 g/mol. The summed E-state index contributed by atoms with van der Waals surface area (Å²) in [5.41, 5.74) is 3.62. The van der Waals surface area contributed by atoms with Gasteiger partial charge in [0.15, 0.2) is 27.8 Å². The largest absolute Gasteiger partial charge is 0.493 e. The molecule has 0 aliphatic carbocycles. The fraction of sp³-hybridized carbons (Fsp3) is 0.216. The number of thiazole rings is 1. The Hall–Kier alpha value is -5.95. The molecule has 0 bridgehead atoms. The van der Waals surface area contributed by atoms with Crippen LogP contribution in [0.1, 0.15) is 37.9 Å². The zero-order valence-electron chi connectivity index (χ0n) is 28.3. The minimum absolute atomic E-state index is 0.131. The summed E-state index contributed by atoms with van der Waals surface area (Å²) in [4.78, 5) is 44.7. The number of carbonyl (C=O) groups is 2. The first-order valence-electron chi connectivity index (χ1n) is 15.6. The standard InChI is InChI=1S/C37H34N4O8S/c1-7-48-36(44)32-21(2)38-37-41(34(32)24-14-16-28(49-22(3)42)30(18-24)47-6)35(43)31(50-37)19-25-20-40(26-11-9-8-10-12-26)39-33(25)23-13-15-27(45-4)29(17-23)46-5/h8-20,34H,7H2,1-6H3. The third kappa shape index (κ3) is 6.42. The molecule has 1 aliphatic rings. The molecule has 0 saturated carbocycles. The van der Waals surface area contributed by atoms with Gasteiger partial charge in [-0.1, -0.05) is 35.6 Å². The lowest BCUT2D eigenvalue weighted by Crippen LogP contribution is -2.40. The number of para-hydroxylation sites is 1. The number of methoxy groups -OCH3 is 3. The smallest absolute Gasteiger partial charge is 0.338 e.